The number of alkyl carbamates (subject to hydrolysis) is 1. The van der Waals surface area contributed by atoms with Crippen molar-refractivity contribution < 1.29 is 23.9 Å². The summed E-state index contributed by atoms with van der Waals surface area (Å²) in [6.45, 7) is 8.89. The summed E-state index contributed by atoms with van der Waals surface area (Å²) in [5.41, 5.74) is 0.509. The normalized spacial score (nSPS) is 12.9. The molecule has 0 heterocycles. The molecule has 2 aromatic carbocycles. The summed E-state index contributed by atoms with van der Waals surface area (Å²) in [5, 5.41) is 5.53. The first kappa shape index (κ1) is 26.7. The Bertz CT molecular complexity index is 968. The summed E-state index contributed by atoms with van der Waals surface area (Å²) in [5.74, 6) is -0.354. The molecule has 0 aromatic heterocycles. The molecule has 2 unspecified atom stereocenters. The number of ether oxygens (including phenoxy) is 2. The molecular weight excluding hydrogens is 434 g/mol. The molecular formula is C26H35N3O5. The van der Waals surface area contributed by atoms with Crippen molar-refractivity contribution in [3.63, 3.8) is 0 Å². The van der Waals surface area contributed by atoms with E-state index in [2.05, 4.69) is 10.6 Å². The number of likely N-dealkylation sites (N-methyl/N-ethyl adjacent to an activating group) is 1. The number of nitrogens with zero attached hydrogens (tertiary/aromatic N) is 1. The highest BCUT2D eigenvalue weighted by molar-refractivity contribution is 5.99. The van der Waals surface area contributed by atoms with Crippen LogP contribution in [0.4, 0.5) is 10.5 Å². The van der Waals surface area contributed by atoms with Crippen LogP contribution in [-0.4, -0.2) is 48.6 Å². The second kappa shape index (κ2) is 11.5. The molecule has 2 aromatic rings. The lowest BCUT2D eigenvalue weighted by atomic mass is 9.99. The number of rotatable bonds is 8. The first-order valence-corrected chi connectivity index (χ1v) is 11.2. The highest BCUT2D eigenvalue weighted by Crippen LogP contribution is 2.24. The van der Waals surface area contributed by atoms with Gasteiger partial charge in [-0.1, -0.05) is 44.2 Å². The van der Waals surface area contributed by atoms with E-state index in [0.29, 0.717) is 17.0 Å². The van der Waals surface area contributed by atoms with Crippen LogP contribution in [0.15, 0.2) is 54.6 Å². The average Bonchev–Trinajstić information content (AvgIpc) is 2.77. The van der Waals surface area contributed by atoms with E-state index in [4.69, 9.17) is 9.47 Å². The molecule has 0 saturated carbocycles. The first-order chi connectivity index (χ1) is 15.9. The molecule has 3 amide bonds. The Morgan fingerprint density at radius 3 is 2.03 bits per heavy atom. The second-order valence-electron chi connectivity index (χ2n) is 9.35. The minimum absolute atomic E-state index is 0.233. The van der Waals surface area contributed by atoms with E-state index in [1.165, 1.54) is 4.90 Å². The number of nitrogens with one attached hydrogen (secondary N) is 2. The predicted octanol–water partition coefficient (Wildman–Crippen LogP) is 4.38. The standard InChI is InChI=1S/C26H35N3O5/c1-17(2)21(28-25(32)34-26(3,4)5)24(31)29(6)22(18-11-9-8-10-12-18)23(30)27-19-13-15-20(33-7)16-14-19/h8-17,21-22H,1-7H3,(H,27,30)(H,28,32). The highest BCUT2D eigenvalue weighted by atomic mass is 16.6. The molecule has 0 bridgehead atoms. The van der Waals surface area contributed by atoms with Gasteiger partial charge in [-0.2, -0.15) is 0 Å². The minimum atomic E-state index is -0.919. The maximum Gasteiger partial charge on any atom is 0.408 e. The number of benzene rings is 2. The summed E-state index contributed by atoms with van der Waals surface area (Å²) in [7, 11) is 3.12. The fraction of sp³-hybridized carbons (Fsp3) is 0.423. The van der Waals surface area contributed by atoms with Crippen molar-refractivity contribution in [2.45, 2.75) is 52.3 Å². The Hall–Kier alpha value is -3.55. The lowest BCUT2D eigenvalue weighted by molar-refractivity contribution is -0.140. The van der Waals surface area contributed by atoms with Gasteiger partial charge in [0.1, 0.15) is 23.4 Å². The van der Waals surface area contributed by atoms with E-state index in [1.54, 1.807) is 83.5 Å². The van der Waals surface area contributed by atoms with Crippen molar-refractivity contribution in [1.29, 1.82) is 0 Å². The third-order valence-electron chi connectivity index (χ3n) is 5.06. The summed E-state index contributed by atoms with van der Waals surface area (Å²) >= 11 is 0. The number of carbonyl (C=O) groups excluding carboxylic acids is 3. The SMILES string of the molecule is COc1ccc(NC(=O)C(c2ccccc2)N(C)C(=O)C(NC(=O)OC(C)(C)C)C(C)C)cc1. The van der Waals surface area contributed by atoms with Gasteiger partial charge in [0.05, 0.1) is 7.11 Å². The molecule has 0 fully saturated rings. The summed E-state index contributed by atoms with van der Waals surface area (Å²) in [6.07, 6.45) is -0.688. The molecule has 8 nitrogen and oxygen atoms in total. The number of carbonyl (C=O) groups is 3. The molecule has 0 radical (unpaired) electrons. The van der Waals surface area contributed by atoms with Gasteiger partial charge < -0.3 is 25.0 Å². The predicted molar refractivity (Wildman–Crippen MR) is 132 cm³/mol. The van der Waals surface area contributed by atoms with Crippen LogP contribution in [0.3, 0.4) is 0 Å². The van der Waals surface area contributed by atoms with Crippen LogP contribution < -0.4 is 15.4 Å². The fourth-order valence-corrected chi connectivity index (χ4v) is 3.37. The van der Waals surface area contributed by atoms with Gasteiger partial charge in [-0.15, -0.1) is 0 Å². The number of amides is 3. The van der Waals surface area contributed by atoms with E-state index in [9.17, 15) is 14.4 Å². The molecule has 0 aliphatic heterocycles. The molecule has 2 N–H and O–H groups in total. The van der Waals surface area contributed by atoms with Crippen molar-refractivity contribution in [3.8, 4) is 5.75 Å². The van der Waals surface area contributed by atoms with Gasteiger partial charge in [-0.05, 0) is 56.5 Å². The Labute approximate surface area is 201 Å². The Morgan fingerprint density at radius 1 is 0.941 bits per heavy atom. The largest absolute Gasteiger partial charge is 0.497 e. The number of anilines is 1. The van der Waals surface area contributed by atoms with Crippen LogP contribution in [0.2, 0.25) is 0 Å². The van der Waals surface area contributed by atoms with Gasteiger partial charge in [0.15, 0.2) is 0 Å². The van der Waals surface area contributed by atoms with Crippen molar-refractivity contribution >= 4 is 23.6 Å². The Morgan fingerprint density at radius 2 is 1.53 bits per heavy atom. The van der Waals surface area contributed by atoms with Gasteiger partial charge >= 0.3 is 6.09 Å². The van der Waals surface area contributed by atoms with Gasteiger partial charge in [-0.3, -0.25) is 9.59 Å². The van der Waals surface area contributed by atoms with E-state index in [-0.39, 0.29) is 11.8 Å². The molecule has 2 rings (SSSR count). The summed E-state index contributed by atoms with van der Waals surface area (Å²) in [4.78, 5) is 40.6. The number of methoxy groups -OCH3 is 1. The van der Waals surface area contributed by atoms with Crippen LogP contribution >= 0.6 is 0 Å². The third-order valence-corrected chi connectivity index (χ3v) is 5.06. The first-order valence-electron chi connectivity index (χ1n) is 11.2. The number of hydrogen-bond donors (Lipinski definition) is 2. The zero-order valence-corrected chi connectivity index (χ0v) is 20.9. The van der Waals surface area contributed by atoms with Gasteiger partial charge in [0.2, 0.25) is 5.91 Å². The fourth-order valence-electron chi connectivity index (χ4n) is 3.37. The zero-order chi connectivity index (χ0) is 25.5. The maximum absolute atomic E-state index is 13.5. The van der Waals surface area contributed by atoms with E-state index < -0.39 is 29.7 Å². The Kier molecular flexibility index (Phi) is 9.06. The molecule has 0 aliphatic carbocycles. The molecule has 0 saturated heterocycles. The average molecular weight is 470 g/mol. The van der Waals surface area contributed by atoms with E-state index >= 15 is 0 Å². The topological polar surface area (TPSA) is 97.0 Å². The van der Waals surface area contributed by atoms with Crippen molar-refractivity contribution in [2.24, 2.45) is 5.92 Å². The van der Waals surface area contributed by atoms with E-state index in [0.717, 1.165) is 0 Å². The zero-order valence-electron chi connectivity index (χ0n) is 20.9. The molecule has 0 spiro atoms. The van der Waals surface area contributed by atoms with Crippen LogP contribution in [0.25, 0.3) is 0 Å². The Balaban J connectivity index is 2.30. The van der Waals surface area contributed by atoms with Crippen LogP contribution in [-0.2, 0) is 14.3 Å². The lowest BCUT2D eigenvalue weighted by Crippen LogP contribution is -2.53. The highest BCUT2D eigenvalue weighted by Gasteiger charge is 2.35. The molecule has 184 valence electrons. The molecule has 8 heteroatoms. The quantitative estimate of drug-likeness (QED) is 0.598. The second-order valence-corrected chi connectivity index (χ2v) is 9.35. The summed E-state index contributed by atoms with van der Waals surface area (Å²) < 4.78 is 10.5. The minimum Gasteiger partial charge on any atom is -0.497 e. The lowest BCUT2D eigenvalue weighted by Gasteiger charge is -2.33. The van der Waals surface area contributed by atoms with Crippen molar-refractivity contribution in [3.05, 3.63) is 60.2 Å². The monoisotopic (exact) mass is 469 g/mol. The third kappa shape index (κ3) is 7.50. The molecule has 34 heavy (non-hydrogen) atoms. The van der Waals surface area contributed by atoms with Crippen LogP contribution in [0.5, 0.6) is 5.75 Å². The molecule has 0 aliphatic rings. The van der Waals surface area contributed by atoms with Gasteiger partial charge in [-0.25, -0.2) is 4.79 Å². The smallest absolute Gasteiger partial charge is 0.408 e. The van der Waals surface area contributed by atoms with Crippen LogP contribution in [0, 0.1) is 5.92 Å². The van der Waals surface area contributed by atoms with Gasteiger partial charge in [0.25, 0.3) is 5.91 Å². The number of hydrogen-bond acceptors (Lipinski definition) is 5. The van der Waals surface area contributed by atoms with Crippen molar-refractivity contribution in [1.82, 2.24) is 10.2 Å². The molecule has 2 atom stereocenters. The van der Waals surface area contributed by atoms with Crippen molar-refractivity contribution in [2.75, 3.05) is 19.5 Å². The van der Waals surface area contributed by atoms with E-state index in [1.807, 2.05) is 19.9 Å². The maximum atomic E-state index is 13.5. The van der Waals surface area contributed by atoms with Crippen LogP contribution in [0.1, 0.15) is 46.2 Å². The summed E-state index contributed by atoms with van der Waals surface area (Å²) in [6, 6.07) is 14.1. The van der Waals surface area contributed by atoms with Gasteiger partial charge in [0, 0.05) is 12.7 Å².